The van der Waals surface area contributed by atoms with Gasteiger partial charge < -0.3 is 15.0 Å². The molecular formula is C27H49N3O4. The van der Waals surface area contributed by atoms with Crippen molar-refractivity contribution < 1.29 is 19.1 Å². The molecule has 0 spiro atoms. The second-order valence-electron chi connectivity index (χ2n) is 11.6. The molecule has 7 heteroatoms. The molecule has 1 aliphatic rings. The van der Waals surface area contributed by atoms with Crippen molar-refractivity contribution in [2.24, 2.45) is 17.3 Å². The van der Waals surface area contributed by atoms with Gasteiger partial charge in [-0.25, -0.2) is 4.79 Å². The number of carbonyl (C=O) groups is 3. The highest BCUT2D eigenvalue weighted by atomic mass is 16.5. The molecular weight excluding hydrogens is 430 g/mol. The lowest BCUT2D eigenvalue weighted by Crippen LogP contribution is -2.61. The van der Waals surface area contributed by atoms with E-state index in [1.165, 1.54) is 0 Å². The maximum absolute atomic E-state index is 13.8. The van der Waals surface area contributed by atoms with Crippen LogP contribution in [0.4, 0.5) is 0 Å². The molecule has 196 valence electrons. The minimum Gasteiger partial charge on any atom is -0.463 e. The zero-order valence-corrected chi connectivity index (χ0v) is 23.4. The van der Waals surface area contributed by atoms with Crippen LogP contribution in [0.5, 0.6) is 0 Å². The molecule has 34 heavy (non-hydrogen) atoms. The Morgan fingerprint density at radius 3 is 2.21 bits per heavy atom. The van der Waals surface area contributed by atoms with E-state index in [0.717, 1.165) is 19.4 Å². The predicted octanol–water partition coefficient (Wildman–Crippen LogP) is 4.02. The Kier molecular flexibility index (Phi) is 11.3. The van der Waals surface area contributed by atoms with Gasteiger partial charge in [0, 0.05) is 25.2 Å². The summed E-state index contributed by atoms with van der Waals surface area (Å²) in [5.74, 6) is 0.00842. The van der Waals surface area contributed by atoms with Crippen molar-refractivity contribution in [3.8, 4) is 0 Å². The highest BCUT2D eigenvalue weighted by molar-refractivity contribution is 5.91. The first-order chi connectivity index (χ1) is 15.6. The Bertz CT molecular complexity index is 739. The van der Waals surface area contributed by atoms with Crippen LogP contribution in [0.2, 0.25) is 0 Å². The van der Waals surface area contributed by atoms with Gasteiger partial charge in [0.1, 0.15) is 6.04 Å². The van der Waals surface area contributed by atoms with E-state index in [1.54, 1.807) is 31.9 Å². The number of likely N-dealkylation sites (tertiary alicyclic amines) is 1. The number of likely N-dealkylation sites (N-methyl/N-ethyl adjacent to an activating group) is 1. The van der Waals surface area contributed by atoms with Crippen molar-refractivity contribution in [2.75, 3.05) is 20.2 Å². The number of nitrogens with zero attached hydrogens (tertiary/aromatic N) is 2. The molecule has 0 radical (unpaired) electrons. The van der Waals surface area contributed by atoms with Gasteiger partial charge in [-0.1, -0.05) is 47.6 Å². The summed E-state index contributed by atoms with van der Waals surface area (Å²) in [7, 11) is 1.75. The molecule has 7 nitrogen and oxygen atoms in total. The number of rotatable bonds is 9. The number of ether oxygens (including phenoxy) is 1. The summed E-state index contributed by atoms with van der Waals surface area (Å²) in [6.07, 6.45) is 3.59. The lowest BCUT2D eigenvalue weighted by atomic mass is 9.84. The van der Waals surface area contributed by atoms with Crippen LogP contribution in [0.3, 0.4) is 0 Å². The Morgan fingerprint density at radius 2 is 1.74 bits per heavy atom. The van der Waals surface area contributed by atoms with Crippen molar-refractivity contribution in [2.45, 2.75) is 106 Å². The molecule has 1 aliphatic heterocycles. The SMILES string of the molecule is CCOC(=O)/C(C)=C/[C@H](C(C)C)N(C)C(=O)[C@@H](NC(=O)C1CC[C@H](C)CN1C(C)C)C(C)(C)C. The standard InChI is InChI=1S/C27H49N3O4/c1-12-34-26(33)20(7)15-22(17(2)3)29(11)25(32)23(27(8,9)10)28-24(31)21-14-13-19(6)16-30(21)18(4)5/h15,17-19,21-23H,12-14,16H2,1-11H3,(H,28,31)/b20-15+/t19-,21?,22+,23+/m0/s1. The third kappa shape index (κ3) is 8.10. The summed E-state index contributed by atoms with van der Waals surface area (Å²) in [5.41, 5.74) is -0.00648. The van der Waals surface area contributed by atoms with Gasteiger partial charge in [-0.3, -0.25) is 14.5 Å². The minimum atomic E-state index is -0.684. The molecule has 1 unspecified atom stereocenters. The third-order valence-corrected chi connectivity index (χ3v) is 6.72. The van der Waals surface area contributed by atoms with Crippen LogP contribution >= 0.6 is 0 Å². The number of carbonyl (C=O) groups excluding carboxylic acids is 3. The maximum Gasteiger partial charge on any atom is 0.333 e. The van der Waals surface area contributed by atoms with E-state index in [-0.39, 0.29) is 41.8 Å². The fourth-order valence-corrected chi connectivity index (χ4v) is 4.60. The normalized spacial score (nSPS) is 21.9. The van der Waals surface area contributed by atoms with E-state index >= 15 is 0 Å². The average molecular weight is 480 g/mol. The second kappa shape index (κ2) is 12.7. The van der Waals surface area contributed by atoms with E-state index in [9.17, 15) is 14.4 Å². The summed E-state index contributed by atoms with van der Waals surface area (Å²) >= 11 is 0. The zero-order valence-electron chi connectivity index (χ0n) is 23.4. The Labute approximate surface area is 207 Å². The fraction of sp³-hybridized carbons (Fsp3) is 0.815. The monoisotopic (exact) mass is 479 g/mol. The molecule has 1 saturated heterocycles. The first kappa shape index (κ1) is 30.1. The summed E-state index contributed by atoms with van der Waals surface area (Å²) in [6.45, 7) is 21.0. The molecule has 1 fully saturated rings. The first-order valence-corrected chi connectivity index (χ1v) is 12.8. The highest BCUT2D eigenvalue weighted by Crippen LogP contribution is 2.27. The summed E-state index contributed by atoms with van der Waals surface area (Å²) in [6, 6.07) is -0.963. The quantitative estimate of drug-likeness (QED) is 0.399. The number of nitrogens with one attached hydrogen (secondary N) is 1. The van der Waals surface area contributed by atoms with Gasteiger partial charge in [-0.15, -0.1) is 0 Å². The minimum absolute atomic E-state index is 0.0749. The van der Waals surface area contributed by atoms with Crippen LogP contribution in [0.1, 0.15) is 82.1 Å². The van der Waals surface area contributed by atoms with Crippen LogP contribution in [0, 0.1) is 17.3 Å². The van der Waals surface area contributed by atoms with E-state index in [0.29, 0.717) is 18.1 Å². The molecule has 0 aliphatic carbocycles. The topological polar surface area (TPSA) is 79.0 Å². The van der Waals surface area contributed by atoms with Crippen molar-refractivity contribution in [3.05, 3.63) is 11.6 Å². The van der Waals surface area contributed by atoms with Gasteiger partial charge >= 0.3 is 5.97 Å². The number of piperidine rings is 1. The lowest BCUT2D eigenvalue weighted by Gasteiger charge is -2.42. The van der Waals surface area contributed by atoms with E-state index in [4.69, 9.17) is 4.74 Å². The molecule has 2 amide bonds. The maximum atomic E-state index is 13.8. The van der Waals surface area contributed by atoms with Gasteiger partial charge in [0.2, 0.25) is 11.8 Å². The van der Waals surface area contributed by atoms with Crippen molar-refractivity contribution in [1.29, 1.82) is 0 Å². The van der Waals surface area contributed by atoms with Gasteiger partial charge in [0.25, 0.3) is 0 Å². The summed E-state index contributed by atoms with van der Waals surface area (Å²) in [5, 5.41) is 3.11. The van der Waals surface area contributed by atoms with Crippen LogP contribution < -0.4 is 5.32 Å². The fourth-order valence-electron chi connectivity index (χ4n) is 4.60. The molecule has 0 aromatic carbocycles. The van der Waals surface area contributed by atoms with Gasteiger partial charge in [-0.2, -0.15) is 0 Å². The van der Waals surface area contributed by atoms with Crippen LogP contribution in [0.25, 0.3) is 0 Å². The lowest BCUT2D eigenvalue weighted by molar-refractivity contribution is -0.142. The van der Waals surface area contributed by atoms with Gasteiger partial charge in [0.15, 0.2) is 0 Å². The molecule has 0 aromatic rings. The van der Waals surface area contributed by atoms with Crippen LogP contribution in [0.15, 0.2) is 11.6 Å². The molecule has 1 heterocycles. The van der Waals surface area contributed by atoms with Crippen molar-refractivity contribution in [3.63, 3.8) is 0 Å². The number of hydrogen-bond donors (Lipinski definition) is 1. The molecule has 0 saturated carbocycles. The highest BCUT2D eigenvalue weighted by Gasteiger charge is 2.40. The Hall–Kier alpha value is -1.89. The molecule has 1 N–H and O–H groups in total. The smallest absolute Gasteiger partial charge is 0.333 e. The Morgan fingerprint density at radius 1 is 1.15 bits per heavy atom. The summed E-state index contributed by atoms with van der Waals surface area (Å²) < 4.78 is 5.11. The van der Waals surface area contributed by atoms with E-state index in [1.807, 2.05) is 34.6 Å². The second-order valence-corrected chi connectivity index (χ2v) is 11.6. The molecule has 0 aromatic heterocycles. The largest absolute Gasteiger partial charge is 0.463 e. The van der Waals surface area contributed by atoms with Gasteiger partial charge in [0.05, 0.1) is 18.7 Å². The van der Waals surface area contributed by atoms with Crippen molar-refractivity contribution >= 4 is 17.8 Å². The number of esters is 1. The van der Waals surface area contributed by atoms with E-state index in [2.05, 4.69) is 31.0 Å². The Balaban J connectivity index is 3.17. The number of amides is 2. The predicted molar refractivity (Wildman–Crippen MR) is 137 cm³/mol. The molecule has 1 rings (SSSR count). The molecule has 0 bridgehead atoms. The zero-order chi connectivity index (χ0) is 26.4. The third-order valence-electron chi connectivity index (χ3n) is 6.72. The van der Waals surface area contributed by atoms with Crippen LogP contribution in [-0.4, -0.2) is 72.0 Å². The summed E-state index contributed by atoms with van der Waals surface area (Å²) in [4.78, 5) is 43.3. The molecule has 4 atom stereocenters. The van der Waals surface area contributed by atoms with Crippen LogP contribution in [-0.2, 0) is 19.1 Å². The van der Waals surface area contributed by atoms with E-state index < -0.39 is 11.5 Å². The average Bonchev–Trinajstić information content (AvgIpc) is 2.73. The van der Waals surface area contributed by atoms with Gasteiger partial charge in [-0.05, 0) is 57.8 Å². The first-order valence-electron chi connectivity index (χ1n) is 12.8. The number of hydrogen-bond acceptors (Lipinski definition) is 5. The van der Waals surface area contributed by atoms with Crippen molar-refractivity contribution in [1.82, 2.24) is 15.1 Å².